The third kappa shape index (κ3) is 7.66. The van der Waals surface area contributed by atoms with Crippen LogP contribution >= 0.6 is 0 Å². The standard InChI is InChI=1S/C16H32N6O6/c1-7-9-11-27-20(13-23-3)14-17-15(21(24-4)25-5)19-16(18-14)22(26-6)28-12-10-8-2/h7-13H2,1-6H3. The van der Waals surface area contributed by atoms with Gasteiger partial charge >= 0.3 is 0 Å². The Bertz CT molecular complexity index is 536. The highest BCUT2D eigenvalue weighted by molar-refractivity contribution is 5.41. The molecule has 162 valence electrons. The number of hydroxylamine groups is 1. The molecule has 12 nitrogen and oxygen atoms in total. The van der Waals surface area contributed by atoms with Crippen LogP contribution < -0.4 is 15.5 Å². The molecule has 0 bridgehead atoms. The molecule has 0 amide bonds. The van der Waals surface area contributed by atoms with Gasteiger partial charge in [0.25, 0.3) is 17.8 Å². The van der Waals surface area contributed by atoms with Crippen LogP contribution in [0.15, 0.2) is 0 Å². The number of aromatic nitrogens is 3. The summed E-state index contributed by atoms with van der Waals surface area (Å²) in [6, 6.07) is 0. The number of unbranched alkanes of at least 4 members (excludes halogenated alkanes) is 2. The Kier molecular flexibility index (Phi) is 12.3. The van der Waals surface area contributed by atoms with Gasteiger partial charge in [-0.25, -0.2) is 19.4 Å². The lowest BCUT2D eigenvalue weighted by Crippen LogP contribution is -2.32. The van der Waals surface area contributed by atoms with Gasteiger partial charge < -0.3 is 4.74 Å². The molecule has 0 fully saturated rings. The average Bonchev–Trinajstić information content (AvgIpc) is 2.71. The van der Waals surface area contributed by atoms with E-state index in [-0.39, 0.29) is 24.6 Å². The summed E-state index contributed by atoms with van der Waals surface area (Å²) in [6.45, 7) is 5.16. The first-order valence-corrected chi connectivity index (χ1v) is 9.15. The Balaban J connectivity index is 3.22. The van der Waals surface area contributed by atoms with E-state index < -0.39 is 0 Å². The van der Waals surface area contributed by atoms with Crippen molar-refractivity contribution in [3.05, 3.63) is 0 Å². The Morgan fingerprint density at radius 3 is 1.68 bits per heavy atom. The molecule has 0 saturated carbocycles. The SMILES string of the molecule is CCCCON(COC)c1nc(N(OC)OC)nc(N(OC)OCCCC)n1. The highest BCUT2D eigenvalue weighted by Gasteiger charge is 2.22. The van der Waals surface area contributed by atoms with Gasteiger partial charge in [-0.2, -0.15) is 20.0 Å². The maximum absolute atomic E-state index is 5.73. The van der Waals surface area contributed by atoms with Crippen LogP contribution in [-0.4, -0.2) is 63.3 Å². The molecule has 0 spiro atoms. The molecule has 0 unspecified atom stereocenters. The van der Waals surface area contributed by atoms with Crippen molar-refractivity contribution in [2.75, 3.05) is 63.9 Å². The van der Waals surface area contributed by atoms with E-state index in [1.165, 1.54) is 26.4 Å². The number of methoxy groups -OCH3 is 1. The lowest BCUT2D eigenvalue weighted by molar-refractivity contribution is -0.0736. The summed E-state index contributed by atoms with van der Waals surface area (Å²) in [5.74, 6) is 0.349. The molecule has 0 radical (unpaired) electrons. The largest absolute Gasteiger partial charge is 0.362 e. The zero-order chi connectivity index (χ0) is 20.8. The molecule has 0 aromatic carbocycles. The zero-order valence-corrected chi connectivity index (χ0v) is 17.6. The summed E-state index contributed by atoms with van der Waals surface area (Å²) in [6.07, 6.45) is 3.68. The molecular weight excluding hydrogens is 372 g/mol. The van der Waals surface area contributed by atoms with Gasteiger partial charge in [-0.05, 0) is 12.8 Å². The minimum atomic E-state index is 0.0753. The molecule has 1 rings (SSSR count). The summed E-state index contributed by atoms with van der Waals surface area (Å²) in [7, 11) is 5.83. The quantitative estimate of drug-likeness (QED) is 0.229. The Hall–Kier alpha value is -1.83. The predicted octanol–water partition coefficient (Wildman–Crippen LogP) is 2.04. The maximum atomic E-state index is 5.73. The molecule has 28 heavy (non-hydrogen) atoms. The average molecular weight is 404 g/mol. The van der Waals surface area contributed by atoms with Gasteiger partial charge in [-0.1, -0.05) is 37.1 Å². The summed E-state index contributed by atoms with van der Waals surface area (Å²) in [4.78, 5) is 39.7. The van der Waals surface area contributed by atoms with Crippen LogP contribution in [0, 0.1) is 0 Å². The number of nitrogens with zero attached hydrogens (tertiary/aromatic N) is 6. The van der Waals surface area contributed by atoms with Gasteiger partial charge in [0.2, 0.25) is 0 Å². The Labute approximate surface area is 166 Å². The van der Waals surface area contributed by atoms with Gasteiger partial charge in [0.1, 0.15) is 6.73 Å². The van der Waals surface area contributed by atoms with Crippen LogP contribution in [0.4, 0.5) is 17.8 Å². The second-order valence-electron chi connectivity index (χ2n) is 5.47. The number of rotatable bonds is 16. The smallest absolute Gasteiger partial charge is 0.284 e. The van der Waals surface area contributed by atoms with Crippen LogP contribution in [0.3, 0.4) is 0 Å². The van der Waals surface area contributed by atoms with Crippen molar-refractivity contribution in [3.8, 4) is 0 Å². The van der Waals surface area contributed by atoms with Crippen molar-refractivity contribution in [1.29, 1.82) is 0 Å². The molecule has 0 atom stereocenters. The number of hydrogen-bond donors (Lipinski definition) is 0. The fraction of sp³-hybridized carbons (Fsp3) is 0.812. The van der Waals surface area contributed by atoms with Crippen LogP contribution in [0.25, 0.3) is 0 Å². The lowest BCUT2D eigenvalue weighted by Gasteiger charge is -2.25. The fourth-order valence-corrected chi connectivity index (χ4v) is 1.93. The van der Waals surface area contributed by atoms with Crippen molar-refractivity contribution in [1.82, 2.24) is 15.0 Å². The highest BCUT2D eigenvalue weighted by atomic mass is 17.0. The first kappa shape index (κ1) is 24.2. The monoisotopic (exact) mass is 404 g/mol. The van der Waals surface area contributed by atoms with E-state index in [9.17, 15) is 0 Å². The van der Waals surface area contributed by atoms with Crippen LogP contribution in [0.5, 0.6) is 0 Å². The minimum absolute atomic E-state index is 0.0753. The molecule has 1 aromatic rings. The second-order valence-corrected chi connectivity index (χ2v) is 5.47. The fourth-order valence-electron chi connectivity index (χ4n) is 1.93. The maximum Gasteiger partial charge on any atom is 0.284 e. The summed E-state index contributed by atoms with van der Waals surface area (Å²) in [5.41, 5.74) is 0. The van der Waals surface area contributed by atoms with Crippen molar-refractivity contribution < 1.29 is 28.9 Å². The van der Waals surface area contributed by atoms with Crippen molar-refractivity contribution >= 4 is 17.8 Å². The van der Waals surface area contributed by atoms with E-state index >= 15 is 0 Å². The van der Waals surface area contributed by atoms with E-state index in [2.05, 4.69) is 28.8 Å². The van der Waals surface area contributed by atoms with Gasteiger partial charge in [-0.3, -0.25) is 4.84 Å². The number of ether oxygens (including phenoxy) is 1. The van der Waals surface area contributed by atoms with Crippen LogP contribution in [-0.2, 0) is 28.9 Å². The molecule has 12 heteroatoms. The van der Waals surface area contributed by atoms with E-state index in [0.29, 0.717) is 13.2 Å². The molecule has 0 saturated heterocycles. The molecule has 0 aliphatic heterocycles. The topological polar surface area (TPSA) is 104 Å². The molecule has 1 aromatic heterocycles. The van der Waals surface area contributed by atoms with E-state index in [4.69, 9.17) is 28.9 Å². The van der Waals surface area contributed by atoms with E-state index in [0.717, 1.165) is 36.1 Å². The van der Waals surface area contributed by atoms with Gasteiger partial charge in [-0.15, -0.1) is 0 Å². The normalized spacial score (nSPS) is 10.9. The van der Waals surface area contributed by atoms with Crippen molar-refractivity contribution in [3.63, 3.8) is 0 Å². The molecule has 1 heterocycles. The highest BCUT2D eigenvalue weighted by Crippen LogP contribution is 2.20. The number of hydrogen-bond acceptors (Lipinski definition) is 12. The second kappa shape index (κ2) is 14.2. The van der Waals surface area contributed by atoms with Crippen LogP contribution in [0.2, 0.25) is 0 Å². The Morgan fingerprint density at radius 1 is 0.679 bits per heavy atom. The molecule has 0 aliphatic rings. The Morgan fingerprint density at radius 2 is 1.18 bits per heavy atom. The molecule has 0 aliphatic carbocycles. The first-order valence-electron chi connectivity index (χ1n) is 9.15. The predicted molar refractivity (Wildman–Crippen MR) is 102 cm³/mol. The summed E-state index contributed by atoms with van der Waals surface area (Å²) < 4.78 is 5.20. The third-order valence-corrected chi connectivity index (χ3v) is 3.34. The van der Waals surface area contributed by atoms with Gasteiger partial charge in [0.05, 0.1) is 34.5 Å². The number of anilines is 3. The van der Waals surface area contributed by atoms with Crippen molar-refractivity contribution in [2.24, 2.45) is 0 Å². The van der Waals surface area contributed by atoms with Gasteiger partial charge in [0, 0.05) is 7.11 Å². The first-order chi connectivity index (χ1) is 13.6. The van der Waals surface area contributed by atoms with E-state index in [1.54, 1.807) is 7.11 Å². The van der Waals surface area contributed by atoms with Crippen LogP contribution in [0.1, 0.15) is 39.5 Å². The third-order valence-electron chi connectivity index (χ3n) is 3.34. The summed E-state index contributed by atoms with van der Waals surface area (Å²) in [5, 5.41) is 3.53. The minimum Gasteiger partial charge on any atom is -0.362 e. The molecular formula is C16H32N6O6. The lowest BCUT2D eigenvalue weighted by atomic mass is 10.4. The summed E-state index contributed by atoms with van der Waals surface area (Å²) >= 11 is 0. The zero-order valence-electron chi connectivity index (χ0n) is 17.6. The van der Waals surface area contributed by atoms with Gasteiger partial charge in [0.15, 0.2) is 0 Å². The van der Waals surface area contributed by atoms with Crippen molar-refractivity contribution in [2.45, 2.75) is 39.5 Å². The molecule has 0 N–H and O–H groups in total. The van der Waals surface area contributed by atoms with E-state index in [1.807, 2.05) is 0 Å².